The van der Waals surface area contributed by atoms with Gasteiger partial charge in [-0.2, -0.15) is 13.2 Å². The van der Waals surface area contributed by atoms with Crippen molar-refractivity contribution in [3.05, 3.63) is 15.3 Å². The van der Waals surface area contributed by atoms with Crippen LogP contribution in [0.2, 0.25) is 0 Å². The summed E-state index contributed by atoms with van der Waals surface area (Å²) in [5.74, 6) is -1.63. The molecular weight excluding hydrogens is 383 g/mol. The fourth-order valence-corrected chi connectivity index (χ4v) is 1.67. The van der Waals surface area contributed by atoms with Gasteiger partial charge in [0.15, 0.2) is 5.69 Å². The van der Waals surface area contributed by atoms with Crippen LogP contribution in [0, 0.1) is 3.57 Å². The standard InChI is InChI=1S/C8H4F6INO2/c1-17-4-2-3(18-8(12,13)14)5(15)6(16-4)7(9,10)11/h2H,1H3. The fourth-order valence-electron chi connectivity index (χ4n) is 0.975. The van der Waals surface area contributed by atoms with Gasteiger partial charge >= 0.3 is 12.5 Å². The average molecular weight is 387 g/mol. The lowest BCUT2D eigenvalue weighted by Gasteiger charge is -2.15. The molecule has 0 radical (unpaired) electrons. The second kappa shape index (κ2) is 4.97. The van der Waals surface area contributed by atoms with Crippen LogP contribution in [0.3, 0.4) is 0 Å². The van der Waals surface area contributed by atoms with Crippen LogP contribution in [0.15, 0.2) is 6.07 Å². The van der Waals surface area contributed by atoms with Crippen molar-refractivity contribution in [2.45, 2.75) is 12.5 Å². The Morgan fingerprint density at radius 2 is 1.72 bits per heavy atom. The molecule has 0 aliphatic rings. The van der Waals surface area contributed by atoms with Crippen LogP contribution >= 0.6 is 22.6 Å². The Balaban J connectivity index is 3.34. The monoisotopic (exact) mass is 387 g/mol. The highest BCUT2D eigenvalue weighted by molar-refractivity contribution is 14.1. The minimum absolute atomic E-state index is 0.623. The molecule has 0 saturated carbocycles. The number of nitrogens with zero attached hydrogens (tertiary/aromatic N) is 1. The number of alkyl halides is 6. The maximum atomic E-state index is 12.5. The molecule has 0 aliphatic heterocycles. The normalized spacial score (nSPS) is 12.4. The molecule has 1 aromatic heterocycles. The van der Waals surface area contributed by atoms with E-state index in [9.17, 15) is 26.3 Å². The van der Waals surface area contributed by atoms with Gasteiger partial charge in [-0.25, -0.2) is 4.98 Å². The Morgan fingerprint density at radius 1 is 1.17 bits per heavy atom. The van der Waals surface area contributed by atoms with E-state index in [-0.39, 0.29) is 0 Å². The van der Waals surface area contributed by atoms with Gasteiger partial charge in [0.2, 0.25) is 5.88 Å². The van der Waals surface area contributed by atoms with Gasteiger partial charge in [0, 0.05) is 6.07 Å². The first kappa shape index (κ1) is 15.1. The van der Waals surface area contributed by atoms with Gasteiger partial charge in [-0.05, 0) is 22.6 Å². The van der Waals surface area contributed by atoms with E-state index in [1.165, 1.54) is 0 Å². The molecule has 1 aromatic rings. The highest BCUT2D eigenvalue weighted by Gasteiger charge is 2.39. The van der Waals surface area contributed by atoms with Gasteiger partial charge in [-0.15, -0.1) is 13.2 Å². The molecule has 10 heteroatoms. The highest BCUT2D eigenvalue weighted by atomic mass is 127. The van der Waals surface area contributed by atoms with E-state index < -0.39 is 33.4 Å². The van der Waals surface area contributed by atoms with Gasteiger partial charge in [-0.1, -0.05) is 0 Å². The maximum absolute atomic E-state index is 12.5. The molecule has 1 heterocycles. The Kier molecular flexibility index (Phi) is 4.18. The zero-order chi connectivity index (χ0) is 14.1. The highest BCUT2D eigenvalue weighted by Crippen LogP contribution is 2.39. The summed E-state index contributed by atoms with van der Waals surface area (Å²) in [6, 6.07) is 0.629. The van der Waals surface area contributed by atoms with Gasteiger partial charge < -0.3 is 9.47 Å². The molecule has 0 N–H and O–H groups in total. The van der Waals surface area contributed by atoms with E-state index in [2.05, 4.69) is 14.5 Å². The van der Waals surface area contributed by atoms with Crippen molar-refractivity contribution < 1.29 is 35.8 Å². The number of rotatable bonds is 2. The summed E-state index contributed by atoms with van der Waals surface area (Å²) in [7, 11) is 0.979. The predicted molar refractivity (Wildman–Crippen MR) is 55.2 cm³/mol. The Labute approximate surface area is 110 Å². The summed E-state index contributed by atoms with van der Waals surface area (Å²) in [4.78, 5) is 3.05. The fraction of sp³-hybridized carbons (Fsp3) is 0.375. The second-order valence-electron chi connectivity index (χ2n) is 2.87. The molecule has 1 rings (SSSR count). The molecular formula is C8H4F6INO2. The summed E-state index contributed by atoms with van der Waals surface area (Å²) in [6.07, 6.45) is -10.0. The first-order chi connectivity index (χ1) is 8.04. The SMILES string of the molecule is COc1cc(OC(F)(F)F)c(I)c(C(F)(F)F)n1. The van der Waals surface area contributed by atoms with Crippen molar-refractivity contribution in [2.75, 3.05) is 7.11 Å². The molecule has 18 heavy (non-hydrogen) atoms. The van der Waals surface area contributed by atoms with E-state index in [1.54, 1.807) is 0 Å². The van der Waals surface area contributed by atoms with E-state index in [1.807, 2.05) is 0 Å². The van der Waals surface area contributed by atoms with Gasteiger partial charge in [-0.3, -0.25) is 0 Å². The predicted octanol–water partition coefficient (Wildman–Crippen LogP) is 3.61. The average Bonchev–Trinajstić information content (AvgIpc) is 2.17. The summed E-state index contributed by atoms with van der Waals surface area (Å²) >= 11 is 1.08. The van der Waals surface area contributed by atoms with Crippen molar-refractivity contribution in [3.63, 3.8) is 0 Å². The zero-order valence-corrected chi connectivity index (χ0v) is 10.6. The molecule has 0 amide bonds. The van der Waals surface area contributed by atoms with E-state index >= 15 is 0 Å². The lowest BCUT2D eigenvalue weighted by atomic mass is 10.3. The first-order valence-electron chi connectivity index (χ1n) is 4.12. The quantitative estimate of drug-likeness (QED) is 0.574. The Morgan fingerprint density at radius 3 is 2.11 bits per heavy atom. The number of methoxy groups -OCH3 is 1. The molecule has 3 nitrogen and oxygen atoms in total. The number of hydrogen-bond donors (Lipinski definition) is 0. The third kappa shape index (κ3) is 3.78. The minimum atomic E-state index is -5.10. The van der Waals surface area contributed by atoms with Crippen LogP contribution in [0.25, 0.3) is 0 Å². The number of pyridine rings is 1. The summed E-state index contributed by atoms with van der Waals surface area (Å²) in [6.45, 7) is 0. The van der Waals surface area contributed by atoms with E-state index in [0.29, 0.717) is 6.07 Å². The van der Waals surface area contributed by atoms with Gasteiger partial charge in [0.1, 0.15) is 5.75 Å². The third-order valence-corrected chi connectivity index (χ3v) is 2.65. The second-order valence-corrected chi connectivity index (χ2v) is 3.95. The summed E-state index contributed by atoms with van der Waals surface area (Å²) < 4.78 is 80.7. The number of hydrogen-bond acceptors (Lipinski definition) is 3. The molecule has 0 spiro atoms. The zero-order valence-electron chi connectivity index (χ0n) is 8.49. The van der Waals surface area contributed by atoms with Crippen LogP contribution in [0.1, 0.15) is 5.69 Å². The van der Waals surface area contributed by atoms with Crippen molar-refractivity contribution in [2.24, 2.45) is 0 Å². The van der Waals surface area contributed by atoms with Crippen LogP contribution in [-0.4, -0.2) is 18.5 Å². The molecule has 0 aromatic carbocycles. The number of aromatic nitrogens is 1. The topological polar surface area (TPSA) is 31.4 Å². The van der Waals surface area contributed by atoms with Crippen molar-refractivity contribution in [1.29, 1.82) is 0 Å². The lowest BCUT2D eigenvalue weighted by molar-refractivity contribution is -0.275. The van der Waals surface area contributed by atoms with Crippen molar-refractivity contribution in [3.8, 4) is 11.6 Å². The first-order valence-corrected chi connectivity index (χ1v) is 5.20. The molecule has 0 bridgehead atoms. The van der Waals surface area contributed by atoms with Crippen molar-refractivity contribution in [1.82, 2.24) is 4.98 Å². The maximum Gasteiger partial charge on any atom is 0.573 e. The third-order valence-electron chi connectivity index (χ3n) is 1.60. The van der Waals surface area contributed by atoms with Crippen LogP contribution < -0.4 is 9.47 Å². The van der Waals surface area contributed by atoms with Crippen LogP contribution in [-0.2, 0) is 6.18 Å². The molecule has 0 fully saturated rings. The van der Waals surface area contributed by atoms with E-state index in [4.69, 9.17) is 0 Å². The minimum Gasteiger partial charge on any atom is -0.481 e. The van der Waals surface area contributed by atoms with Crippen molar-refractivity contribution >= 4 is 22.6 Å². The Bertz CT molecular complexity index is 444. The van der Waals surface area contributed by atoms with Crippen LogP contribution in [0.5, 0.6) is 11.6 Å². The molecule has 0 saturated heterocycles. The molecule has 0 aliphatic carbocycles. The molecule has 102 valence electrons. The molecule has 0 unspecified atom stereocenters. The smallest absolute Gasteiger partial charge is 0.481 e. The van der Waals surface area contributed by atoms with Gasteiger partial charge in [0.05, 0.1) is 10.7 Å². The number of ether oxygens (including phenoxy) is 2. The Hall–Kier alpha value is -0.940. The van der Waals surface area contributed by atoms with Gasteiger partial charge in [0.25, 0.3) is 0 Å². The van der Waals surface area contributed by atoms with Crippen LogP contribution in [0.4, 0.5) is 26.3 Å². The summed E-state index contributed by atoms with van der Waals surface area (Å²) in [5, 5.41) is 0. The lowest BCUT2D eigenvalue weighted by Crippen LogP contribution is -2.20. The van der Waals surface area contributed by atoms with E-state index in [0.717, 1.165) is 29.7 Å². The molecule has 0 atom stereocenters. The summed E-state index contributed by atoms with van der Waals surface area (Å²) in [5.41, 5.74) is -1.50. The number of halogens is 7. The largest absolute Gasteiger partial charge is 0.573 e.